The van der Waals surface area contributed by atoms with E-state index in [1.807, 2.05) is 6.07 Å². The van der Waals surface area contributed by atoms with Crippen molar-refractivity contribution >= 4 is 12.4 Å². The van der Waals surface area contributed by atoms with Crippen LogP contribution in [0.5, 0.6) is 0 Å². The Bertz CT molecular complexity index is 331. The van der Waals surface area contributed by atoms with E-state index in [0.29, 0.717) is 6.10 Å². The van der Waals surface area contributed by atoms with E-state index in [2.05, 4.69) is 29.6 Å². The molecular formula is C14H20ClNO. The molecule has 94 valence electrons. The van der Waals surface area contributed by atoms with E-state index in [9.17, 15) is 0 Å². The minimum Gasteiger partial charge on any atom is -0.373 e. The first-order valence-corrected chi connectivity index (χ1v) is 6.32. The third-order valence-corrected chi connectivity index (χ3v) is 3.76. The van der Waals surface area contributed by atoms with Gasteiger partial charge < -0.3 is 10.1 Å². The molecule has 2 unspecified atom stereocenters. The first-order valence-electron chi connectivity index (χ1n) is 6.32. The molecule has 0 amide bonds. The highest BCUT2D eigenvalue weighted by atomic mass is 35.5. The third kappa shape index (κ3) is 3.21. The predicted molar refractivity (Wildman–Crippen MR) is 71.4 cm³/mol. The zero-order valence-electron chi connectivity index (χ0n) is 9.97. The highest BCUT2D eigenvalue weighted by Gasteiger charge is 2.33. The van der Waals surface area contributed by atoms with Crippen LogP contribution in [0.2, 0.25) is 0 Å². The van der Waals surface area contributed by atoms with Crippen LogP contribution in [0.1, 0.15) is 31.2 Å². The molecule has 1 aromatic carbocycles. The summed E-state index contributed by atoms with van der Waals surface area (Å²) in [6.07, 6.45) is 5.55. The van der Waals surface area contributed by atoms with Crippen molar-refractivity contribution < 1.29 is 4.74 Å². The molecule has 0 aliphatic carbocycles. The normalized spacial score (nSPS) is 30.9. The molecule has 2 aliphatic heterocycles. The summed E-state index contributed by atoms with van der Waals surface area (Å²) in [5, 5.41) is 3.64. The van der Waals surface area contributed by atoms with Crippen molar-refractivity contribution in [3.05, 3.63) is 35.9 Å². The maximum absolute atomic E-state index is 6.01. The lowest BCUT2D eigenvalue weighted by atomic mass is 10.0. The number of rotatable bonds is 3. The summed E-state index contributed by atoms with van der Waals surface area (Å²) in [7, 11) is 0. The monoisotopic (exact) mass is 253 g/mol. The summed E-state index contributed by atoms with van der Waals surface area (Å²) < 4.78 is 6.01. The Balaban J connectivity index is 0.00000108. The second-order valence-electron chi connectivity index (χ2n) is 5.03. The highest BCUT2D eigenvalue weighted by molar-refractivity contribution is 5.85. The van der Waals surface area contributed by atoms with E-state index < -0.39 is 0 Å². The lowest BCUT2D eigenvalue weighted by Gasteiger charge is -2.29. The van der Waals surface area contributed by atoms with Crippen LogP contribution in [-0.4, -0.2) is 18.2 Å². The van der Waals surface area contributed by atoms with Crippen molar-refractivity contribution in [3.8, 4) is 0 Å². The molecular weight excluding hydrogens is 234 g/mol. The van der Waals surface area contributed by atoms with Crippen molar-refractivity contribution in [2.24, 2.45) is 0 Å². The third-order valence-electron chi connectivity index (χ3n) is 3.76. The summed E-state index contributed by atoms with van der Waals surface area (Å²) in [6, 6.07) is 11.9. The topological polar surface area (TPSA) is 21.3 Å². The van der Waals surface area contributed by atoms with Crippen molar-refractivity contribution in [1.82, 2.24) is 5.32 Å². The van der Waals surface area contributed by atoms with Crippen LogP contribution >= 0.6 is 12.4 Å². The molecule has 0 aromatic heterocycles. The van der Waals surface area contributed by atoms with Gasteiger partial charge in [-0.3, -0.25) is 0 Å². The summed E-state index contributed by atoms with van der Waals surface area (Å²) in [5.74, 6) is 0. The van der Waals surface area contributed by atoms with Crippen LogP contribution in [0, 0.1) is 0 Å². The van der Waals surface area contributed by atoms with Crippen molar-refractivity contribution in [2.45, 2.75) is 50.5 Å². The minimum absolute atomic E-state index is 0. The largest absolute Gasteiger partial charge is 0.373 e. The van der Waals surface area contributed by atoms with E-state index in [1.165, 1.54) is 31.2 Å². The maximum atomic E-state index is 6.01. The number of benzene rings is 1. The first kappa shape index (κ1) is 12.9. The van der Waals surface area contributed by atoms with Crippen LogP contribution < -0.4 is 5.32 Å². The Morgan fingerprint density at radius 3 is 2.35 bits per heavy atom. The standard InChI is InChI=1S/C14H19NO.ClH/c1-2-4-11(5-3-1)10-16-14-8-12-6-7-13(9-14)15-12;/h1-5,12-15H,6-10H2;1H. The maximum Gasteiger partial charge on any atom is 0.0720 e. The molecule has 17 heavy (non-hydrogen) atoms. The Kier molecular flexibility index (Phi) is 4.43. The number of hydrogen-bond acceptors (Lipinski definition) is 2. The second-order valence-corrected chi connectivity index (χ2v) is 5.03. The van der Waals surface area contributed by atoms with Gasteiger partial charge in [-0.1, -0.05) is 30.3 Å². The fraction of sp³-hybridized carbons (Fsp3) is 0.571. The molecule has 1 N–H and O–H groups in total. The number of hydrogen-bond donors (Lipinski definition) is 1. The molecule has 0 saturated carbocycles. The lowest BCUT2D eigenvalue weighted by molar-refractivity contribution is 0.00917. The number of ether oxygens (including phenoxy) is 1. The zero-order chi connectivity index (χ0) is 10.8. The molecule has 2 fully saturated rings. The van der Waals surface area contributed by atoms with Gasteiger partial charge in [0.25, 0.3) is 0 Å². The summed E-state index contributed by atoms with van der Waals surface area (Å²) in [4.78, 5) is 0. The molecule has 2 heterocycles. The van der Waals surface area contributed by atoms with Crippen LogP contribution in [0.3, 0.4) is 0 Å². The SMILES string of the molecule is Cl.c1ccc(COC2CC3CCC(C2)N3)cc1. The second kappa shape index (κ2) is 5.85. The van der Waals surface area contributed by atoms with Gasteiger partial charge in [-0.2, -0.15) is 0 Å². The van der Waals surface area contributed by atoms with Crippen molar-refractivity contribution in [1.29, 1.82) is 0 Å². The summed E-state index contributed by atoms with van der Waals surface area (Å²) in [5.41, 5.74) is 1.29. The van der Waals surface area contributed by atoms with Gasteiger partial charge in [0.05, 0.1) is 12.7 Å². The molecule has 3 rings (SSSR count). The Morgan fingerprint density at radius 1 is 1.06 bits per heavy atom. The fourth-order valence-corrected chi connectivity index (χ4v) is 2.93. The van der Waals surface area contributed by atoms with Gasteiger partial charge in [-0.05, 0) is 31.2 Å². The molecule has 2 bridgehead atoms. The van der Waals surface area contributed by atoms with E-state index in [4.69, 9.17) is 4.74 Å². The predicted octanol–water partition coefficient (Wildman–Crippen LogP) is 2.91. The summed E-state index contributed by atoms with van der Waals surface area (Å²) >= 11 is 0. The van der Waals surface area contributed by atoms with Crippen molar-refractivity contribution in [3.63, 3.8) is 0 Å². The molecule has 2 aliphatic rings. The molecule has 2 nitrogen and oxygen atoms in total. The van der Waals surface area contributed by atoms with Crippen LogP contribution in [0.25, 0.3) is 0 Å². The van der Waals surface area contributed by atoms with Gasteiger partial charge in [0.1, 0.15) is 0 Å². The van der Waals surface area contributed by atoms with E-state index >= 15 is 0 Å². The van der Waals surface area contributed by atoms with Gasteiger partial charge in [-0.15, -0.1) is 12.4 Å². The summed E-state index contributed by atoms with van der Waals surface area (Å²) in [6.45, 7) is 0.769. The Labute approximate surface area is 109 Å². The minimum atomic E-state index is 0. The molecule has 2 saturated heterocycles. The number of piperidine rings is 1. The van der Waals surface area contributed by atoms with E-state index in [1.54, 1.807) is 0 Å². The Hall–Kier alpha value is -0.570. The smallest absolute Gasteiger partial charge is 0.0720 e. The molecule has 1 aromatic rings. The van der Waals surface area contributed by atoms with E-state index in [-0.39, 0.29) is 12.4 Å². The van der Waals surface area contributed by atoms with Crippen molar-refractivity contribution in [2.75, 3.05) is 0 Å². The lowest BCUT2D eigenvalue weighted by Crippen LogP contribution is -2.41. The zero-order valence-corrected chi connectivity index (χ0v) is 10.8. The van der Waals surface area contributed by atoms with Gasteiger partial charge in [0.2, 0.25) is 0 Å². The molecule has 0 radical (unpaired) electrons. The quantitative estimate of drug-likeness (QED) is 0.895. The number of fused-ring (bicyclic) bond motifs is 2. The van der Waals surface area contributed by atoms with Gasteiger partial charge >= 0.3 is 0 Å². The average molecular weight is 254 g/mol. The number of nitrogens with one attached hydrogen (secondary N) is 1. The average Bonchev–Trinajstić information content (AvgIpc) is 2.67. The van der Waals surface area contributed by atoms with E-state index in [0.717, 1.165) is 18.7 Å². The van der Waals surface area contributed by atoms with Crippen LogP contribution in [0.4, 0.5) is 0 Å². The van der Waals surface area contributed by atoms with Crippen LogP contribution in [-0.2, 0) is 11.3 Å². The first-order chi connectivity index (χ1) is 7.90. The number of halogens is 1. The van der Waals surface area contributed by atoms with Gasteiger partial charge in [0.15, 0.2) is 0 Å². The molecule has 2 atom stereocenters. The van der Waals surface area contributed by atoms with Gasteiger partial charge in [0, 0.05) is 12.1 Å². The Morgan fingerprint density at radius 2 is 1.71 bits per heavy atom. The highest BCUT2D eigenvalue weighted by Crippen LogP contribution is 2.28. The fourth-order valence-electron chi connectivity index (χ4n) is 2.93. The van der Waals surface area contributed by atoms with Crippen LogP contribution in [0.15, 0.2) is 30.3 Å². The molecule has 3 heteroatoms. The van der Waals surface area contributed by atoms with Gasteiger partial charge in [-0.25, -0.2) is 0 Å². The molecule has 0 spiro atoms.